The van der Waals surface area contributed by atoms with Crippen LogP contribution < -0.4 is 0 Å². The molecular weight excluding hydrogens is 348 g/mol. The quantitative estimate of drug-likeness (QED) is 0.315. The Morgan fingerprint density at radius 1 is 0.737 bits per heavy atom. The molecule has 1 saturated heterocycles. The van der Waals surface area contributed by atoms with Crippen LogP contribution in [-0.4, -0.2) is 75.9 Å². The van der Waals surface area contributed by atoms with Gasteiger partial charge in [-0.3, -0.25) is 0 Å². The highest BCUT2D eigenvalue weighted by Crippen LogP contribution is 2.22. The monoisotopic (exact) mass is 376 g/mol. The molecule has 1 rings (SSSR count). The van der Waals surface area contributed by atoms with E-state index in [9.17, 15) is 0 Å². The zero-order valence-electron chi connectivity index (χ0n) is 15.7. The van der Waals surface area contributed by atoms with Crippen LogP contribution in [-0.2, 0) is 20.6 Å². The average molecular weight is 377 g/mol. The van der Waals surface area contributed by atoms with Crippen LogP contribution in [0.5, 0.6) is 0 Å². The smallest absolute Gasteiger partial charge is 0.393 e. The van der Waals surface area contributed by atoms with Crippen LogP contribution in [0.4, 0.5) is 0 Å². The van der Waals surface area contributed by atoms with Crippen LogP contribution in [0.2, 0.25) is 26.2 Å². The molecule has 0 spiro atoms. The lowest BCUT2D eigenvalue weighted by atomic mass is 11.9. The summed E-state index contributed by atoms with van der Waals surface area (Å²) in [5.74, 6) is 0. The van der Waals surface area contributed by atoms with Gasteiger partial charge in [-0.2, -0.15) is 0 Å². The molecule has 15 heteroatoms. The van der Waals surface area contributed by atoms with E-state index in [2.05, 4.69) is 24.0 Å². The van der Waals surface area contributed by atoms with Crippen molar-refractivity contribution in [1.82, 2.24) is 0 Å². The Bertz CT molecular complexity index is 397. The van der Waals surface area contributed by atoms with E-state index in [-0.39, 0.29) is 0 Å². The third-order valence-corrected chi connectivity index (χ3v) is 15.6. The molecule has 0 bridgehead atoms. The van der Waals surface area contributed by atoms with Gasteiger partial charge in [-0.1, -0.05) is 0 Å². The van der Waals surface area contributed by atoms with E-state index in [1.807, 2.05) is 0 Å². The van der Waals surface area contributed by atoms with Crippen molar-refractivity contribution in [2.45, 2.75) is 26.2 Å². The molecule has 1 aliphatic rings. The zero-order valence-corrected chi connectivity index (χ0v) is 15.8. The summed E-state index contributed by atoms with van der Waals surface area (Å²) >= 11 is 0. The van der Waals surface area contributed by atoms with Gasteiger partial charge in [0.25, 0.3) is 0 Å². The van der Waals surface area contributed by atoms with E-state index in [1.165, 1.54) is 26.2 Å². The molecular formula is C4H18O10Si5. The molecule has 4 unspecified atom stereocenters. The Hall–Kier alpha value is 0.684. The third-order valence-electron chi connectivity index (χ3n) is 1.73. The molecule has 0 aromatic carbocycles. The molecule has 1 fully saturated rings. The highest BCUT2D eigenvalue weighted by Gasteiger charge is 2.55. The Morgan fingerprint density at radius 2 is 1.11 bits per heavy atom. The molecule has 0 radical (unpaired) electrons. The van der Waals surface area contributed by atoms with Gasteiger partial charge in [0.2, 0.25) is 0 Å². The minimum atomic E-state index is -3.87. The van der Waals surface area contributed by atoms with Crippen molar-refractivity contribution in [1.29, 1.82) is 7.16 Å². The molecule has 1 aliphatic heterocycles. The van der Waals surface area contributed by atoms with Gasteiger partial charge in [-0.25, -0.2) is 0 Å². The normalized spacial score (nSPS) is 57.3. The Morgan fingerprint density at radius 3 is 1.42 bits per heavy atom. The first-order valence-electron chi connectivity index (χ1n) is 7.20. The number of hydrogen-bond donors (Lipinski definition) is 5. The first-order chi connectivity index (χ1) is 11.0. The van der Waals surface area contributed by atoms with Crippen LogP contribution in [0.3, 0.4) is 0 Å². The van der Waals surface area contributed by atoms with Gasteiger partial charge < -0.3 is 44.6 Å². The summed E-state index contributed by atoms with van der Waals surface area (Å²) in [5.41, 5.74) is 0. The summed E-state index contributed by atoms with van der Waals surface area (Å²) in [4.78, 5) is 22.4. The molecule has 0 aromatic heterocycles. The molecule has 5 N–H and O–H groups in total. The highest BCUT2D eigenvalue weighted by atomic mass is 28.5. The second-order valence-corrected chi connectivity index (χ2v) is 16.1. The second kappa shape index (κ2) is 5.47. The molecule has 0 saturated carbocycles. The number of rotatable bonds is 5. The van der Waals surface area contributed by atoms with Crippen LogP contribution in [0.25, 0.3) is 0 Å². The lowest BCUT2D eigenvalue weighted by Crippen LogP contribution is -2.65. The summed E-state index contributed by atoms with van der Waals surface area (Å²) in [6, 6.07) is 0. The molecule has 10 nitrogen and oxygen atoms in total. The van der Waals surface area contributed by atoms with E-state index in [0.717, 1.165) is 0 Å². The van der Waals surface area contributed by atoms with Crippen molar-refractivity contribution in [3.05, 3.63) is 0 Å². The van der Waals surface area contributed by atoms with Crippen LogP contribution in [0, 0.1) is 0 Å². The number of hydrogen-bond acceptors (Lipinski definition) is 10. The van der Waals surface area contributed by atoms with Gasteiger partial charge >= 0.3 is 44.7 Å². The fourth-order valence-electron chi connectivity index (χ4n) is 1.47. The maximum absolute atomic E-state index is 7.20. The van der Waals surface area contributed by atoms with Gasteiger partial charge in [0.05, 0.1) is 0 Å². The third kappa shape index (κ3) is 6.32. The average Bonchev–Trinajstić information content (AvgIpc) is 2.53. The second-order valence-electron chi connectivity index (χ2n) is 4.28. The fourth-order valence-corrected chi connectivity index (χ4v) is 15.3. The van der Waals surface area contributed by atoms with Crippen molar-refractivity contribution in [3.8, 4) is 0 Å². The molecule has 4 atom stereocenters. The summed E-state index contributed by atoms with van der Waals surface area (Å²) in [6.45, 7) is 5.11. The molecule has 19 heavy (non-hydrogen) atoms. The standard InChI is InChI=1S/C4H18O10Si5/c1-16(6)10-15(5)11-17(2,7)13-19(4,9)14-18(3,8)12-16/h5-9,15H,1-4H3/i5T,6T,7T,8T,9T. The van der Waals surface area contributed by atoms with Crippen molar-refractivity contribution in [3.63, 3.8) is 0 Å². The van der Waals surface area contributed by atoms with Crippen molar-refractivity contribution < 1.29 is 44.6 Å². The molecule has 114 valence electrons. The summed E-state index contributed by atoms with van der Waals surface area (Å²) in [6.07, 6.45) is 0. The van der Waals surface area contributed by atoms with Crippen LogP contribution >= 0.6 is 0 Å². The van der Waals surface area contributed by atoms with E-state index < -0.39 is 44.7 Å². The SMILES string of the molecule is [3H]O[SiH]1O[Si](C)(O[3H])O[Si](C)(O[3H])O[Si](C)(O[3H])O[Si](C)(O[3H])O1. The first-order valence-corrected chi connectivity index (χ1v) is 15.5. The minimum absolute atomic E-state index is 1.28. The summed E-state index contributed by atoms with van der Waals surface area (Å²) in [7, 11) is -18.8. The predicted molar refractivity (Wildman–Crippen MR) is 70.1 cm³/mol. The Balaban J connectivity index is 3.31. The highest BCUT2D eigenvalue weighted by molar-refractivity contribution is 6.84. The lowest BCUT2D eigenvalue weighted by Gasteiger charge is -2.38. The summed E-state index contributed by atoms with van der Waals surface area (Å²) < 4.78 is 62.8. The van der Waals surface area contributed by atoms with Crippen molar-refractivity contribution in [2.75, 3.05) is 0 Å². The van der Waals surface area contributed by atoms with E-state index in [0.29, 0.717) is 0 Å². The molecule has 1 heterocycles. The zero-order chi connectivity index (χ0) is 18.6. The minimum Gasteiger partial charge on any atom is -0.393 e. The van der Waals surface area contributed by atoms with Crippen molar-refractivity contribution >= 4 is 44.7 Å². The summed E-state index contributed by atoms with van der Waals surface area (Å²) in [5, 5.41) is 0. The fraction of sp³-hybridized carbons (Fsp3) is 1.00. The van der Waals surface area contributed by atoms with Crippen molar-refractivity contribution in [2.24, 2.45) is 0 Å². The van der Waals surface area contributed by atoms with Gasteiger partial charge in [0.1, 0.15) is 0 Å². The van der Waals surface area contributed by atoms with E-state index in [1.54, 1.807) is 0 Å². The Labute approximate surface area is 123 Å². The van der Waals surface area contributed by atoms with Gasteiger partial charge in [-0.05, 0) is 0 Å². The Kier molecular flexibility index (Phi) is 3.25. The molecule has 0 aromatic rings. The van der Waals surface area contributed by atoms with Gasteiger partial charge in [0.15, 0.2) is 7.16 Å². The van der Waals surface area contributed by atoms with E-state index in [4.69, 9.17) is 27.7 Å². The molecule has 0 aliphatic carbocycles. The first kappa shape index (κ1) is 11.3. The maximum atomic E-state index is 7.20. The topological polar surface area (TPSA) is 147 Å². The largest absolute Gasteiger partial charge is 0.480 e. The molecule has 0 amide bonds. The van der Waals surface area contributed by atoms with Gasteiger partial charge in [-0.15, -0.1) is 0 Å². The van der Waals surface area contributed by atoms with Crippen LogP contribution in [0.1, 0.15) is 0 Å². The van der Waals surface area contributed by atoms with Gasteiger partial charge in [0, 0.05) is 26.2 Å². The van der Waals surface area contributed by atoms with Crippen LogP contribution in [0.15, 0.2) is 0 Å². The van der Waals surface area contributed by atoms with E-state index >= 15 is 0 Å². The maximum Gasteiger partial charge on any atom is 0.480 e. The predicted octanol–water partition coefficient (Wildman–Crippen LogP) is -2.96. The lowest BCUT2D eigenvalue weighted by molar-refractivity contribution is 0.0905.